The van der Waals surface area contributed by atoms with Crippen molar-refractivity contribution in [3.8, 4) is 11.1 Å². The highest BCUT2D eigenvalue weighted by Gasteiger charge is 2.21. The highest BCUT2D eigenvalue weighted by Crippen LogP contribution is 2.36. The summed E-state index contributed by atoms with van der Waals surface area (Å²) in [6.07, 6.45) is 3.50. The number of carbonyl (C=O) groups is 1. The Kier molecular flexibility index (Phi) is 3.49. The molecular formula is C16H17NO2S. The zero-order chi connectivity index (χ0) is 14.1. The van der Waals surface area contributed by atoms with Gasteiger partial charge in [-0.15, -0.1) is 11.3 Å². The van der Waals surface area contributed by atoms with Crippen LogP contribution in [0.4, 0.5) is 5.00 Å². The summed E-state index contributed by atoms with van der Waals surface area (Å²) in [5.74, 6) is -0.332. The summed E-state index contributed by atoms with van der Waals surface area (Å²) in [5.41, 5.74) is 11.2. The molecule has 1 aromatic heterocycles. The Hall–Kier alpha value is -1.81. The molecule has 2 N–H and O–H groups in total. The predicted octanol–water partition coefficient (Wildman–Crippen LogP) is 3.66. The second kappa shape index (κ2) is 5.29. The Bertz CT molecular complexity index is 660. The van der Waals surface area contributed by atoms with Gasteiger partial charge in [0, 0.05) is 10.9 Å². The molecule has 0 bridgehead atoms. The number of fused-ring (bicyclic) bond motifs is 1. The summed E-state index contributed by atoms with van der Waals surface area (Å²) < 4.78 is 5.11. The summed E-state index contributed by atoms with van der Waals surface area (Å²) in [4.78, 5) is 12.1. The lowest BCUT2D eigenvalue weighted by Crippen LogP contribution is -2.07. The van der Waals surface area contributed by atoms with Crippen LogP contribution in [0.5, 0.6) is 0 Å². The van der Waals surface area contributed by atoms with Crippen molar-refractivity contribution >= 4 is 22.3 Å². The highest BCUT2D eigenvalue weighted by atomic mass is 32.1. The molecule has 0 radical (unpaired) electrons. The number of aryl methyl sites for hydroxylation is 2. The zero-order valence-corrected chi connectivity index (χ0v) is 12.3. The van der Waals surface area contributed by atoms with E-state index in [0.29, 0.717) is 17.2 Å². The molecule has 1 aliphatic carbocycles. The van der Waals surface area contributed by atoms with Crippen LogP contribution in [-0.4, -0.2) is 12.6 Å². The first-order valence-electron chi connectivity index (χ1n) is 6.87. The molecular weight excluding hydrogens is 270 g/mol. The van der Waals surface area contributed by atoms with Crippen LogP contribution in [-0.2, 0) is 17.6 Å². The van der Waals surface area contributed by atoms with Gasteiger partial charge in [-0.2, -0.15) is 0 Å². The molecule has 0 atom stereocenters. The SMILES string of the molecule is CCOC(=O)c1c(-c2ccc3c(c2)CCC3)csc1N. The molecule has 2 aromatic rings. The van der Waals surface area contributed by atoms with E-state index in [1.54, 1.807) is 6.92 Å². The maximum atomic E-state index is 12.1. The summed E-state index contributed by atoms with van der Waals surface area (Å²) in [6.45, 7) is 2.16. The highest BCUT2D eigenvalue weighted by molar-refractivity contribution is 7.14. The van der Waals surface area contributed by atoms with Gasteiger partial charge in [0.1, 0.15) is 10.6 Å². The molecule has 104 valence electrons. The number of carbonyl (C=O) groups excluding carboxylic acids is 1. The minimum atomic E-state index is -0.332. The predicted molar refractivity (Wildman–Crippen MR) is 82.1 cm³/mol. The molecule has 0 aliphatic heterocycles. The van der Waals surface area contributed by atoms with E-state index in [2.05, 4.69) is 18.2 Å². The van der Waals surface area contributed by atoms with Crippen molar-refractivity contribution in [2.75, 3.05) is 12.3 Å². The molecule has 3 rings (SSSR count). The largest absolute Gasteiger partial charge is 0.462 e. The first-order chi connectivity index (χ1) is 9.70. The van der Waals surface area contributed by atoms with E-state index < -0.39 is 0 Å². The molecule has 0 spiro atoms. The van der Waals surface area contributed by atoms with Gasteiger partial charge in [-0.25, -0.2) is 4.79 Å². The van der Waals surface area contributed by atoms with Crippen molar-refractivity contribution in [3.63, 3.8) is 0 Å². The van der Waals surface area contributed by atoms with E-state index >= 15 is 0 Å². The van der Waals surface area contributed by atoms with Crippen LogP contribution >= 0.6 is 11.3 Å². The molecule has 1 heterocycles. The van der Waals surface area contributed by atoms with Crippen molar-refractivity contribution in [2.24, 2.45) is 0 Å². The van der Waals surface area contributed by atoms with Gasteiger partial charge in [0.2, 0.25) is 0 Å². The Balaban J connectivity index is 2.04. The molecule has 0 unspecified atom stereocenters. The van der Waals surface area contributed by atoms with Crippen molar-refractivity contribution in [1.82, 2.24) is 0 Å². The van der Waals surface area contributed by atoms with E-state index in [1.165, 1.54) is 28.9 Å². The van der Waals surface area contributed by atoms with Crippen LogP contribution in [0.25, 0.3) is 11.1 Å². The lowest BCUT2D eigenvalue weighted by Gasteiger charge is -2.07. The van der Waals surface area contributed by atoms with Crippen LogP contribution in [0.3, 0.4) is 0 Å². The monoisotopic (exact) mass is 287 g/mol. The Morgan fingerprint density at radius 3 is 2.95 bits per heavy atom. The van der Waals surface area contributed by atoms with Crippen LogP contribution in [0.1, 0.15) is 34.8 Å². The van der Waals surface area contributed by atoms with Crippen molar-refractivity contribution in [1.29, 1.82) is 0 Å². The molecule has 3 nitrogen and oxygen atoms in total. The third-order valence-corrected chi connectivity index (χ3v) is 4.52. The third-order valence-electron chi connectivity index (χ3n) is 3.71. The number of nitrogens with two attached hydrogens (primary N) is 1. The standard InChI is InChI=1S/C16H17NO2S/c1-2-19-16(18)14-13(9-20-15(14)17)12-7-6-10-4-3-5-11(10)8-12/h6-9H,2-5,17H2,1H3. The number of rotatable bonds is 3. The van der Waals surface area contributed by atoms with Gasteiger partial charge >= 0.3 is 5.97 Å². The van der Waals surface area contributed by atoms with Crippen LogP contribution in [0.2, 0.25) is 0 Å². The van der Waals surface area contributed by atoms with Crippen molar-refractivity contribution in [3.05, 3.63) is 40.3 Å². The van der Waals surface area contributed by atoms with E-state index in [9.17, 15) is 4.79 Å². The maximum Gasteiger partial charge on any atom is 0.341 e. The molecule has 4 heteroatoms. The number of anilines is 1. The normalized spacial score (nSPS) is 13.2. The second-order valence-corrected chi connectivity index (χ2v) is 5.86. The van der Waals surface area contributed by atoms with E-state index in [1.807, 2.05) is 5.38 Å². The fourth-order valence-electron chi connectivity index (χ4n) is 2.74. The quantitative estimate of drug-likeness (QED) is 0.876. The van der Waals surface area contributed by atoms with Gasteiger partial charge in [-0.05, 0) is 42.9 Å². The number of esters is 1. The minimum absolute atomic E-state index is 0.332. The summed E-state index contributed by atoms with van der Waals surface area (Å²) in [7, 11) is 0. The van der Waals surface area contributed by atoms with Gasteiger partial charge < -0.3 is 10.5 Å². The first kappa shape index (κ1) is 13.2. The van der Waals surface area contributed by atoms with E-state index in [4.69, 9.17) is 10.5 Å². The molecule has 1 aliphatic rings. The number of thiophene rings is 1. The molecule has 0 saturated heterocycles. The Morgan fingerprint density at radius 2 is 2.15 bits per heavy atom. The molecule has 20 heavy (non-hydrogen) atoms. The lowest BCUT2D eigenvalue weighted by atomic mass is 9.99. The first-order valence-corrected chi connectivity index (χ1v) is 7.75. The fraction of sp³-hybridized carbons (Fsp3) is 0.312. The van der Waals surface area contributed by atoms with Gasteiger partial charge in [0.15, 0.2) is 0 Å². The summed E-state index contributed by atoms with van der Waals surface area (Å²) in [6, 6.07) is 6.43. The minimum Gasteiger partial charge on any atom is -0.462 e. The number of ether oxygens (including phenoxy) is 1. The number of nitrogen functional groups attached to an aromatic ring is 1. The van der Waals surface area contributed by atoms with Crippen LogP contribution in [0, 0.1) is 0 Å². The number of hydrogen-bond donors (Lipinski definition) is 1. The van der Waals surface area contributed by atoms with Gasteiger partial charge in [-0.3, -0.25) is 0 Å². The summed E-state index contributed by atoms with van der Waals surface area (Å²) >= 11 is 1.39. The fourth-order valence-corrected chi connectivity index (χ4v) is 3.55. The molecule has 0 saturated carbocycles. The van der Waals surface area contributed by atoms with Crippen molar-refractivity contribution < 1.29 is 9.53 Å². The van der Waals surface area contributed by atoms with E-state index in [0.717, 1.165) is 24.0 Å². The second-order valence-electron chi connectivity index (χ2n) is 4.95. The van der Waals surface area contributed by atoms with Gasteiger partial charge in [-0.1, -0.05) is 18.2 Å². The molecule has 1 aromatic carbocycles. The number of hydrogen-bond acceptors (Lipinski definition) is 4. The van der Waals surface area contributed by atoms with Gasteiger partial charge in [0.05, 0.1) is 6.61 Å². The topological polar surface area (TPSA) is 52.3 Å². The van der Waals surface area contributed by atoms with E-state index in [-0.39, 0.29) is 5.97 Å². The van der Waals surface area contributed by atoms with Crippen LogP contribution in [0.15, 0.2) is 23.6 Å². The Labute approximate surface area is 122 Å². The molecule has 0 fully saturated rings. The smallest absolute Gasteiger partial charge is 0.341 e. The number of benzene rings is 1. The van der Waals surface area contributed by atoms with Crippen LogP contribution < -0.4 is 5.73 Å². The average molecular weight is 287 g/mol. The average Bonchev–Trinajstić information content (AvgIpc) is 3.04. The summed E-state index contributed by atoms with van der Waals surface area (Å²) in [5, 5.41) is 2.47. The lowest BCUT2D eigenvalue weighted by molar-refractivity contribution is 0.0529. The Morgan fingerprint density at radius 1 is 1.35 bits per heavy atom. The third kappa shape index (κ3) is 2.20. The zero-order valence-electron chi connectivity index (χ0n) is 11.4. The van der Waals surface area contributed by atoms with Crippen molar-refractivity contribution in [2.45, 2.75) is 26.2 Å². The van der Waals surface area contributed by atoms with Gasteiger partial charge in [0.25, 0.3) is 0 Å². The maximum absolute atomic E-state index is 12.1. The molecule has 0 amide bonds.